The molecule has 0 saturated carbocycles. The van der Waals surface area contributed by atoms with Crippen LogP contribution in [-0.2, 0) is 6.54 Å². The highest BCUT2D eigenvalue weighted by Gasteiger charge is 2.08. The van der Waals surface area contributed by atoms with Crippen LogP contribution in [0, 0.1) is 12.7 Å². The van der Waals surface area contributed by atoms with Crippen molar-refractivity contribution in [3.05, 3.63) is 59.4 Å². The van der Waals surface area contributed by atoms with Gasteiger partial charge in [-0.25, -0.2) is 9.37 Å². The van der Waals surface area contributed by atoms with Gasteiger partial charge < -0.3 is 10.3 Å². The van der Waals surface area contributed by atoms with Crippen LogP contribution in [-0.4, -0.2) is 9.55 Å². The van der Waals surface area contributed by atoms with Crippen molar-refractivity contribution in [3.8, 4) is 0 Å². The Hall–Kier alpha value is -2.36. The first-order valence-electron chi connectivity index (χ1n) is 6.10. The molecule has 0 amide bonds. The number of anilines is 1. The Morgan fingerprint density at radius 2 is 1.89 bits per heavy atom. The summed E-state index contributed by atoms with van der Waals surface area (Å²) >= 11 is 0. The van der Waals surface area contributed by atoms with E-state index >= 15 is 0 Å². The number of aromatic nitrogens is 2. The lowest BCUT2D eigenvalue weighted by Gasteiger charge is -2.07. The lowest BCUT2D eigenvalue weighted by molar-refractivity contribution is 0.626. The Morgan fingerprint density at radius 3 is 2.63 bits per heavy atom. The third kappa shape index (κ3) is 2.17. The number of hydrogen-bond acceptors (Lipinski definition) is 2. The second kappa shape index (κ2) is 4.39. The van der Waals surface area contributed by atoms with Gasteiger partial charge >= 0.3 is 0 Å². The van der Waals surface area contributed by atoms with E-state index in [1.54, 1.807) is 12.1 Å². The lowest BCUT2D eigenvalue weighted by Crippen LogP contribution is -2.04. The van der Waals surface area contributed by atoms with Crippen LogP contribution in [0.15, 0.2) is 42.5 Å². The summed E-state index contributed by atoms with van der Waals surface area (Å²) < 4.78 is 14.8. The topological polar surface area (TPSA) is 43.8 Å². The molecule has 0 aliphatic carbocycles. The molecule has 0 aliphatic heterocycles. The number of benzene rings is 2. The summed E-state index contributed by atoms with van der Waals surface area (Å²) in [4.78, 5) is 4.33. The van der Waals surface area contributed by atoms with Crippen LogP contribution in [0.25, 0.3) is 11.0 Å². The summed E-state index contributed by atoms with van der Waals surface area (Å²) in [6.07, 6.45) is 0. The van der Waals surface area contributed by atoms with Crippen molar-refractivity contribution in [1.82, 2.24) is 9.55 Å². The predicted octanol–water partition coefficient (Wildman–Crippen LogP) is 3.11. The van der Waals surface area contributed by atoms with E-state index in [4.69, 9.17) is 5.73 Å². The van der Waals surface area contributed by atoms with Gasteiger partial charge in [0.05, 0.1) is 17.6 Å². The molecule has 0 radical (unpaired) electrons. The van der Waals surface area contributed by atoms with Crippen molar-refractivity contribution in [2.24, 2.45) is 0 Å². The number of nitrogens with zero attached hydrogens (tertiary/aromatic N) is 2. The van der Waals surface area contributed by atoms with Gasteiger partial charge in [0, 0.05) is 0 Å². The van der Waals surface area contributed by atoms with Gasteiger partial charge in [-0.05, 0) is 42.3 Å². The number of rotatable bonds is 2. The number of hydrogen-bond donors (Lipinski definition) is 1. The van der Waals surface area contributed by atoms with Gasteiger partial charge in [0.1, 0.15) is 5.82 Å². The van der Waals surface area contributed by atoms with Crippen LogP contribution in [0.1, 0.15) is 11.1 Å². The largest absolute Gasteiger partial charge is 0.369 e. The predicted molar refractivity (Wildman–Crippen MR) is 74.4 cm³/mol. The van der Waals surface area contributed by atoms with Crippen LogP contribution in [0.4, 0.5) is 10.3 Å². The van der Waals surface area contributed by atoms with E-state index in [0.717, 1.165) is 22.2 Å². The molecular weight excluding hydrogens is 241 g/mol. The Morgan fingerprint density at radius 1 is 1.16 bits per heavy atom. The fourth-order valence-electron chi connectivity index (χ4n) is 2.19. The smallest absolute Gasteiger partial charge is 0.201 e. The van der Waals surface area contributed by atoms with E-state index < -0.39 is 0 Å². The number of nitrogens with two attached hydrogens (primary N) is 1. The lowest BCUT2D eigenvalue weighted by atomic mass is 10.2. The van der Waals surface area contributed by atoms with Crippen LogP contribution in [0.3, 0.4) is 0 Å². The van der Waals surface area contributed by atoms with Gasteiger partial charge in [-0.3, -0.25) is 0 Å². The van der Waals surface area contributed by atoms with E-state index in [1.165, 1.54) is 12.1 Å². The average molecular weight is 255 g/mol. The van der Waals surface area contributed by atoms with E-state index in [2.05, 4.69) is 11.1 Å². The maximum Gasteiger partial charge on any atom is 0.201 e. The molecule has 0 saturated heterocycles. The molecule has 3 nitrogen and oxygen atoms in total. The molecule has 0 aliphatic rings. The van der Waals surface area contributed by atoms with Gasteiger partial charge in [-0.15, -0.1) is 0 Å². The van der Waals surface area contributed by atoms with E-state index in [0.29, 0.717) is 12.5 Å². The Kier molecular flexibility index (Phi) is 2.71. The number of halogens is 1. The van der Waals surface area contributed by atoms with E-state index in [1.807, 2.05) is 23.6 Å². The zero-order valence-corrected chi connectivity index (χ0v) is 10.6. The molecule has 0 spiro atoms. The Bertz CT molecular complexity index is 729. The Labute approximate surface area is 110 Å². The number of aryl methyl sites for hydroxylation is 1. The SMILES string of the molecule is Cc1ccc2nc(N)n(Cc3ccc(F)cc3)c2c1. The van der Waals surface area contributed by atoms with Gasteiger partial charge in [0.25, 0.3) is 0 Å². The van der Waals surface area contributed by atoms with Crippen molar-refractivity contribution in [2.45, 2.75) is 13.5 Å². The molecule has 2 aromatic carbocycles. The molecule has 2 N–H and O–H groups in total. The molecule has 0 atom stereocenters. The zero-order valence-electron chi connectivity index (χ0n) is 10.6. The summed E-state index contributed by atoms with van der Waals surface area (Å²) in [5.41, 5.74) is 9.99. The second-order valence-electron chi connectivity index (χ2n) is 4.67. The molecule has 3 rings (SSSR count). The van der Waals surface area contributed by atoms with Crippen molar-refractivity contribution < 1.29 is 4.39 Å². The molecule has 0 bridgehead atoms. The van der Waals surface area contributed by atoms with Crippen molar-refractivity contribution >= 4 is 17.0 Å². The maximum absolute atomic E-state index is 12.9. The minimum absolute atomic E-state index is 0.233. The van der Waals surface area contributed by atoms with Gasteiger partial charge in [-0.2, -0.15) is 0 Å². The molecule has 3 aromatic rings. The first-order valence-corrected chi connectivity index (χ1v) is 6.10. The van der Waals surface area contributed by atoms with Gasteiger partial charge in [0.2, 0.25) is 5.95 Å². The van der Waals surface area contributed by atoms with Gasteiger partial charge in [-0.1, -0.05) is 18.2 Å². The first-order chi connectivity index (χ1) is 9.13. The monoisotopic (exact) mass is 255 g/mol. The molecule has 1 aromatic heterocycles. The second-order valence-corrected chi connectivity index (χ2v) is 4.67. The molecule has 4 heteroatoms. The molecule has 96 valence electrons. The zero-order chi connectivity index (χ0) is 13.4. The first kappa shape index (κ1) is 11.7. The number of nitrogen functional groups attached to an aromatic ring is 1. The van der Waals surface area contributed by atoms with Crippen LogP contribution < -0.4 is 5.73 Å². The fourth-order valence-corrected chi connectivity index (χ4v) is 2.19. The summed E-state index contributed by atoms with van der Waals surface area (Å²) in [5, 5.41) is 0. The number of imidazole rings is 1. The van der Waals surface area contributed by atoms with E-state index in [-0.39, 0.29) is 5.82 Å². The molecule has 0 unspecified atom stereocenters. The van der Waals surface area contributed by atoms with Crippen LogP contribution >= 0.6 is 0 Å². The fraction of sp³-hybridized carbons (Fsp3) is 0.133. The normalized spacial score (nSPS) is 11.1. The molecule has 1 heterocycles. The standard InChI is InChI=1S/C15H14FN3/c1-10-2-7-13-14(8-10)19(15(17)18-13)9-11-3-5-12(16)6-4-11/h2-8H,9H2,1H3,(H2,17,18). The van der Waals surface area contributed by atoms with Crippen molar-refractivity contribution in [3.63, 3.8) is 0 Å². The quantitative estimate of drug-likeness (QED) is 0.764. The molecule has 19 heavy (non-hydrogen) atoms. The van der Waals surface area contributed by atoms with Gasteiger partial charge in [0.15, 0.2) is 0 Å². The third-order valence-corrected chi connectivity index (χ3v) is 3.19. The van der Waals surface area contributed by atoms with E-state index in [9.17, 15) is 4.39 Å². The molecule has 0 fully saturated rings. The van der Waals surface area contributed by atoms with Crippen LogP contribution in [0.5, 0.6) is 0 Å². The summed E-state index contributed by atoms with van der Waals surface area (Å²) in [6, 6.07) is 12.5. The highest BCUT2D eigenvalue weighted by Crippen LogP contribution is 2.20. The minimum atomic E-state index is -0.233. The van der Waals surface area contributed by atoms with Crippen molar-refractivity contribution in [1.29, 1.82) is 0 Å². The average Bonchev–Trinajstić information content (AvgIpc) is 2.69. The van der Waals surface area contributed by atoms with Crippen LogP contribution in [0.2, 0.25) is 0 Å². The third-order valence-electron chi connectivity index (χ3n) is 3.19. The van der Waals surface area contributed by atoms with Crippen molar-refractivity contribution in [2.75, 3.05) is 5.73 Å². The minimum Gasteiger partial charge on any atom is -0.369 e. The highest BCUT2D eigenvalue weighted by molar-refractivity contribution is 5.79. The summed E-state index contributed by atoms with van der Waals surface area (Å²) in [6.45, 7) is 2.62. The summed E-state index contributed by atoms with van der Waals surface area (Å²) in [7, 11) is 0. The Balaban J connectivity index is 2.06. The molecular formula is C15H14FN3. The number of fused-ring (bicyclic) bond motifs is 1. The summed E-state index contributed by atoms with van der Waals surface area (Å²) in [5.74, 6) is 0.244. The highest BCUT2D eigenvalue weighted by atomic mass is 19.1. The maximum atomic E-state index is 12.9.